The van der Waals surface area contributed by atoms with Crippen LogP contribution in [0.3, 0.4) is 0 Å². The highest BCUT2D eigenvalue weighted by Crippen LogP contribution is 2.32. The molecule has 0 radical (unpaired) electrons. The first-order valence-corrected chi connectivity index (χ1v) is 8.16. The Morgan fingerprint density at radius 3 is 2.95 bits per heavy atom. The fourth-order valence-corrected chi connectivity index (χ4v) is 3.66. The second-order valence-corrected chi connectivity index (χ2v) is 6.34. The molecule has 0 spiro atoms. The molecular formula is C16H18N2O3S. The number of nitrogens with zero attached hydrogens (tertiary/aromatic N) is 1. The minimum Gasteiger partial charge on any atom is -0.504 e. The van der Waals surface area contributed by atoms with Crippen LogP contribution in [-0.2, 0) is 12.8 Å². The number of para-hydroxylation sites is 1. The second-order valence-electron chi connectivity index (χ2n) is 5.26. The lowest BCUT2D eigenvalue weighted by Crippen LogP contribution is -2.12. The summed E-state index contributed by atoms with van der Waals surface area (Å²) in [7, 11) is 1.45. The van der Waals surface area contributed by atoms with Crippen LogP contribution in [0.5, 0.6) is 11.5 Å². The number of rotatable bonds is 3. The molecule has 22 heavy (non-hydrogen) atoms. The third-order valence-electron chi connectivity index (χ3n) is 3.78. The number of ether oxygens (including phenoxy) is 1. The Balaban J connectivity index is 1.80. The number of aromatic hydroxyl groups is 1. The molecule has 6 heteroatoms. The quantitative estimate of drug-likeness (QED) is 0.851. The number of methoxy groups -OCH3 is 1. The normalized spacial score (nSPS) is 14.0. The second kappa shape index (κ2) is 6.36. The summed E-state index contributed by atoms with van der Waals surface area (Å²) in [5.41, 5.74) is 1.29. The summed E-state index contributed by atoms with van der Waals surface area (Å²) in [6.07, 6.45) is 5.59. The van der Waals surface area contributed by atoms with Gasteiger partial charge in [0.05, 0.1) is 18.4 Å². The number of phenols is 1. The first-order chi connectivity index (χ1) is 10.7. The predicted octanol–water partition coefficient (Wildman–Crippen LogP) is 3.38. The van der Waals surface area contributed by atoms with Crippen LogP contribution in [0.25, 0.3) is 0 Å². The van der Waals surface area contributed by atoms with Crippen molar-refractivity contribution in [3.63, 3.8) is 0 Å². The average molecular weight is 318 g/mol. The van der Waals surface area contributed by atoms with Crippen molar-refractivity contribution in [3.05, 3.63) is 34.3 Å². The number of fused-ring (bicyclic) bond motifs is 1. The Morgan fingerprint density at radius 2 is 2.14 bits per heavy atom. The molecule has 1 aromatic carbocycles. The number of amides is 1. The molecule has 0 saturated carbocycles. The van der Waals surface area contributed by atoms with Gasteiger partial charge in [-0.3, -0.25) is 10.1 Å². The third-order valence-corrected chi connectivity index (χ3v) is 4.85. The fourth-order valence-electron chi connectivity index (χ4n) is 2.62. The number of carbonyl (C=O) groups excluding carboxylic acids is 1. The number of phenolic OH excluding ortho intramolecular Hbond substituents is 1. The van der Waals surface area contributed by atoms with Crippen molar-refractivity contribution in [2.75, 3.05) is 12.4 Å². The van der Waals surface area contributed by atoms with E-state index >= 15 is 0 Å². The van der Waals surface area contributed by atoms with Gasteiger partial charge in [-0.1, -0.05) is 12.5 Å². The molecule has 2 aromatic rings. The topological polar surface area (TPSA) is 71.5 Å². The van der Waals surface area contributed by atoms with Crippen LogP contribution in [0.15, 0.2) is 18.2 Å². The van der Waals surface area contributed by atoms with Gasteiger partial charge in [0.2, 0.25) is 0 Å². The minimum absolute atomic E-state index is 0.152. The molecule has 0 saturated heterocycles. The van der Waals surface area contributed by atoms with E-state index < -0.39 is 0 Å². The van der Waals surface area contributed by atoms with Gasteiger partial charge in [0.15, 0.2) is 16.6 Å². The van der Waals surface area contributed by atoms with Gasteiger partial charge in [-0.05, 0) is 37.8 Å². The lowest BCUT2D eigenvalue weighted by Gasteiger charge is -2.07. The van der Waals surface area contributed by atoms with E-state index in [1.165, 1.54) is 36.2 Å². The summed E-state index contributed by atoms with van der Waals surface area (Å²) in [6.45, 7) is 0. The van der Waals surface area contributed by atoms with Gasteiger partial charge in [0.1, 0.15) is 0 Å². The van der Waals surface area contributed by atoms with Crippen molar-refractivity contribution in [2.24, 2.45) is 0 Å². The number of nitrogens with one attached hydrogen (secondary N) is 1. The number of aryl methyl sites for hydroxylation is 2. The summed E-state index contributed by atoms with van der Waals surface area (Å²) in [5.74, 6) is -0.247. The first kappa shape index (κ1) is 14.8. The predicted molar refractivity (Wildman–Crippen MR) is 86.0 cm³/mol. The fraction of sp³-hybridized carbons (Fsp3) is 0.375. The van der Waals surface area contributed by atoms with Crippen LogP contribution in [0, 0.1) is 0 Å². The van der Waals surface area contributed by atoms with Crippen molar-refractivity contribution in [2.45, 2.75) is 32.1 Å². The Bertz CT molecular complexity index is 673. The van der Waals surface area contributed by atoms with Gasteiger partial charge < -0.3 is 9.84 Å². The zero-order valence-electron chi connectivity index (χ0n) is 12.4. The van der Waals surface area contributed by atoms with Crippen molar-refractivity contribution >= 4 is 22.4 Å². The van der Waals surface area contributed by atoms with E-state index in [0.29, 0.717) is 5.13 Å². The molecule has 1 aromatic heterocycles. The van der Waals surface area contributed by atoms with E-state index in [0.717, 1.165) is 25.0 Å². The molecule has 0 aliphatic heterocycles. The van der Waals surface area contributed by atoms with Crippen LogP contribution in [0.2, 0.25) is 0 Å². The molecule has 1 heterocycles. The molecule has 0 atom stereocenters. The van der Waals surface area contributed by atoms with Crippen molar-refractivity contribution in [1.82, 2.24) is 4.98 Å². The van der Waals surface area contributed by atoms with E-state index in [4.69, 9.17) is 4.74 Å². The zero-order valence-corrected chi connectivity index (χ0v) is 13.2. The van der Waals surface area contributed by atoms with Gasteiger partial charge in [-0.25, -0.2) is 4.98 Å². The molecule has 5 nitrogen and oxygen atoms in total. The Kier molecular flexibility index (Phi) is 4.29. The van der Waals surface area contributed by atoms with Crippen LogP contribution < -0.4 is 10.1 Å². The molecule has 0 unspecified atom stereocenters. The number of hydrogen-bond donors (Lipinski definition) is 2. The number of anilines is 1. The highest BCUT2D eigenvalue weighted by atomic mass is 32.1. The van der Waals surface area contributed by atoms with Gasteiger partial charge in [0.25, 0.3) is 5.91 Å². The maximum absolute atomic E-state index is 12.3. The van der Waals surface area contributed by atoms with Crippen LogP contribution in [0.4, 0.5) is 5.13 Å². The number of hydrogen-bond acceptors (Lipinski definition) is 5. The Labute approximate surface area is 133 Å². The van der Waals surface area contributed by atoms with E-state index in [2.05, 4.69) is 10.3 Å². The van der Waals surface area contributed by atoms with E-state index in [9.17, 15) is 9.90 Å². The zero-order chi connectivity index (χ0) is 15.5. The van der Waals surface area contributed by atoms with Gasteiger partial charge in [-0.2, -0.15) is 0 Å². The molecule has 116 valence electrons. The molecular weight excluding hydrogens is 300 g/mol. The summed E-state index contributed by atoms with van der Waals surface area (Å²) in [4.78, 5) is 18.1. The number of benzene rings is 1. The highest BCUT2D eigenvalue weighted by molar-refractivity contribution is 7.15. The van der Waals surface area contributed by atoms with Crippen LogP contribution in [0.1, 0.15) is 40.2 Å². The number of carbonyl (C=O) groups is 1. The standard InChI is InChI=1S/C16H18N2O3S/c1-21-12-8-5-6-10(14(12)19)15(20)18-16-17-11-7-3-2-4-9-13(11)22-16/h5-6,8,19H,2-4,7,9H2,1H3,(H,17,18,20). The average Bonchev–Trinajstić information content (AvgIpc) is 2.76. The molecule has 0 fully saturated rings. The number of thiazole rings is 1. The van der Waals surface area contributed by atoms with Crippen LogP contribution in [-0.4, -0.2) is 23.1 Å². The number of aromatic nitrogens is 1. The van der Waals surface area contributed by atoms with Gasteiger partial charge >= 0.3 is 0 Å². The van der Waals surface area contributed by atoms with Crippen molar-refractivity contribution < 1.29 is 14.6 Å². The minimum atomic E-state index is -0.375. The summed E-state index contributed by atoms with van der Waals surface area (Å²) in [5, 5.41) is 13.4. The lowest BCUT2D eigenvalue weighted by molar-refractivity contribution is 0.102. The van der Waals surface area contributed by atoms with Crippen molar-refractivity contribution in [3.8, 4) is 11.5 Å². The maximum atomic E-state index is 12.3. The first-order valence-electron chi connectivity index (χ1n) is 7.35. The van der Waals surface area contributed by atoms with E-state index in [1.54, 1.807) is 18.2 Å². The van der Waals surface area contributed by atoms with Gasteiger partial charge in [0, 0.05) is 4.88 Å². The summed E-state index contributed by atoms with van der Waals surface area (Å²) < 4.78 is 5.02. The molecule has 0 bridgehead atoms. The Hall–Kier alpha value is -2.08. The van der Waals surface area contributed by atoms with Crippen molar-refractivity contribution in [1.29, 1.82) is 0 Å². The van der Waals surface area contributed by atoms with Crippen LogP contribution >= 0.6 is 11.3 Å². The SMILES string of the molecule is COc1cccc(C(=O)Nc2nc3c(s2)CCCCC3)c1O. The summed E-state index contributed by atoms with van der Waals surface area (Å²) >= 11 is 1.53. The Morgan fingerprint density at radius 1 is 1.32 bits per heavy atom. The largest absolute Gasteiger partial charge is 0.504 e. The molecule has 2 N–H and O–H groups in total. The molecule has 3 rings (SSSR count). The van der Waals surface area contributed by atoms with E-state index in [-0.39, 0.29) is 23.0 Å². The highest BCUT2D eigenvalue weighted by Gasteiger charge is 2.18. The molecule has 1 amide bonds. The summed E-state index contributed by atoms with van der Waals surface area (Å²) in [6, 6.07) is 4.84. The molecule has 1 aliphatic rings. The lowest BCUT2D eigenvalue weighted by atomic mass is 10.2. The maximum Gasteiger partial charge on any atom is 0.261 e. The smallest absolute Gasteiger partial charge is 0.261 e. The monoisotopic (exact) mass is 318 g/mol. The van der Waals surface area contributed by atoms with Gasteiger partial charge in [-0.15, -0.1) is 11.3 Å². The van der Waals surface area contributed by atoms with E-state index in [1.807, 2.05) is 0 Å². The third kappa shape index (κ3) is 2.92. The molecule has 1 aliphatic carbocycles.